The van der Waals surface area contributed by atoms with Gasteiger partial charge in [-0.25, -0.2) is 5.43 Å². The molecule has 2 aromatic rings. The van der Waals surface area contributed by atoms with Gasteiger partial charge in [-0.15, -0.1) is 0 Å². The first kappa shape index (κ1) is 19.5. The summed E-state index contributed by atoms with van der Waals surface area (Å²) in [6.07, 6.45) is 3.03. The lowest BCUT2D eigenvalue weighted by molar-refractivity contribution is -0.136. The number of hydrogen-bond acceptors (Lipinski definition) is 4. The van der Waals surface area contributed by atoms with Crippen molar-refractivity contribution in [3.8, 4) is 5.75 Å². The molecule has 0 aliphatic carbocycles. The van der Waals surface area contributed by atoms with E-state index in [1.165, 1.54) is 24.4 Å². The molecule has 0 atom stereocenters. The van der Waals surface area contributed by atoms with E-state index in [0.29, 0.717) is 28.6 Å². The number of amides is 2. The maximum atomic E-state index is 11.8. The monoisotopic (exact) mass is 391 g/mol. The van der Waals surface area contributed by atoms with Gasteiger partial charge in [-0.05, 0) is 35.9 Å². The molecule has 0 saturated heterocycles. The summed E-state index contributed by atoms with van der Waals surface area (Å²) in [6.45, 7) is 3.95. The standard InChI is InChI=1S/C18H15Cl2N3O3/c1-2-8-26-14-5-3-4-12(9-14)11-21-23-18(25)17(24)22-13-6-7-15(19)16(20)10-13/h2-7,9-11H,1,8H2,(H,22,24)(H,23,25)/b21-11+. The van der Waals surface area contributed by atoms with Crippen LogP contribution in [0.25, 0.3) is 0 Å². The van der Waals surface area contributed by atoms with Crippen molar-refractivity contribution in [1.29, 1.82) is 0 Å². The average molecular weight is 392 g/mol. The van der Waals surface area contributed by atoms with E-state index >= 15 is 0 Å². The molecule has 26 heavy (non-hydrogen) atoms. The Kier molecular flexibility index (Phi) is 7.20. The zero-order chi connectivity index (χ0) is 18.9. The van der Waals surface area contributed by atoms with Crippen molar-refractivity contribution in [1.82, 2.24) is 5.43 Å². The van der Waals surface area contributed by atoms with Gasteiger partial charge in [0.1, 0.15) is 12.4 Å². The van der Waals surface area contributed by atoms with E-state index in [4.69, 9.17) is 27.9 Å². The molecule has 0 unspecified atom stereocenters. The third kappa shape index (κ3) is 5.91. The molecule has 8 heteroatoms. The summed E-state index contributed by atoms with van der Waals surface area (Å²) < 4.78 is 5.39. The van der Waals surface area contributed by atoms with E-state index in [2.05, 4.69) is 22.4 Å². The van der Waals surface area contributed by atoms with Crippen molar-refractivity contribution in [2.75, 3.05) is 11.9 Å². The number of rotatable bonds is 6. The fraction of sp³-hybridized carbons (Fsp3) is 0.0556. The molecule has 0 saturated carbocycles. The van der Waals surface area contributed by atoms with Crippen LogP contribution in [-0.4, -0.2) is 24.6 Å². The van der Waals surface area contributed by atoms with Gasteiger partial charge in [-0.3, -0.25) is 9.59 Å². The van der Waals surface area contributed by atoms with Gasteiger partial charge in [0.25, 0.3) is 0 Å². The minimum absolute atomic E-state index is 0.265. The highest BCUT2D eigenvalue weighted by Crippen LogP contribution is 2.24. The molecule has 0 bridgehead atoms. The van der Waals surface area contributed by atoms with Crippen LogP contribution < -0.4 is 15.5 Å². The van der Waals surface area contributed by atoms with Gasteiger partial charge in [-0.1, -0.05) is 48.0 Å². The molecule has 0 spiro atoms. The topological polar surface area (TPSA) is 79.8 Å². The van der Waals surface area contributed by atoms with Gasteiger partial charge in [0.05, 0.1) is 16.3 Å². The van der Waals surface area contributed by atoms with E-state index in [9.17, 15) is 9.59 Å². The number of ether oxygens (including phenoxy) is 1. The predicted molar refractivity (Wildman–Crippen MR) is 103 cm³/mol. The van der Waals surface area contributed by atoms with Crippen LogP contribution in [0.15, 0.2) is 60.2 Å². The summed E-state index contributed by atoms with van der Waals surface area (Å²) in [5.74, 6) is -1.17. The van der Waals surface area contributed by atoms with E-state index in [-0.39, 0.29) is 5.02 Å². The number of nitrogens with zero attached hydrogens (tertiary/aromatic N) is 1. The lowest BCUT2D eigenvalue weighted by Gasteiger charge is -2.05. The molecule has 6 nitrogen and oxygen atoms in total. The number of hydrazone groups is 1. The van der Waals surface area contributed by atoms with Crippen molar-refractivity contribution < 1.29 is 14.3 Å². The molecule has 2 rings (SSSR count). The highest BCUT2D eigenvalue weighted by Gasteiger charge is 2.13. The van der Waals surface area contributed by atoms with E-state index < -0.39 is 11.8 Å². The minimum atomic E-state index is -0.925. The van der Waals surface area contributed by atoms with Crippen LogP contribution in [0.5, 0.6) is 5.75 Å². The number of halogens is 2. The van der Waals surface area contributed by atoms with E-state index in [1.807, 2.05) is 0 Å². The first-order valence-electron chi connectivity index (χ1n) is 7.43. The second kappa shape index (κ2) is 9.60. The summed E-state index contributed by atoms with van der Waals surface area (Å²) >= 11 is 11.6. The van der Waals surface area contributed by atoms with Gasteiger partial charge in [0.15, 0.2) is 0 Å². The first-order valence-corrected chi connectivity index (χ1v) is 8.18. The van der Waals surface area contributed by atoms with Gasteiger partial charge in [-0.2, -0.15) is 5.10 Å². The van der Waals surface area contributed by atoms with Gasteiger partial charge in [0.2, 0.25) is 0 Å². The molecular formula is C18H15Cl2N3O3. The zero-order valence-corrected chi connectivity index (χ0v) is 15.1. The SMILES string of the molecule is C=CCOc1cccc(/C=N/NC(=O)C(=O)Nc2ccc(Cl)c(Cl)c2)c1. The maximum absolute atomic E-state index is 11.8. The lowest BCUT2D eigenvalue weighted by atomic mass is 10.2. The minimum Gasteiger partial charge on any atom is -0.490 e. The molecule has 0 aromatic heterocycles. The predicted octanol–water partition coefficient (Wildman–Crippen LogP) is 3.65. The molecule has 2 amide bonds. The molecule has 2 N–H and O–H groups in total. The Morgan fingerprint density at radius 1 is 1.12 bits per heavy atom. The normalized spacial score (nSPS) is 10.4. The molecule has 0 aliphatic rings. The Labute approximate surface area is 160 Å². The molecular weight excluding hydrogens is 377 g/mol. The fourth-order valence-corrected chi connectivity index (χ4v) is 2.12. The highest BCUT2D eigenvalue weighted by molar-refractivity contribution is 6.42. The molecule has 2 aromatic carbocycles. The van der Waals surface area contributed by atoms with Crippen molar-refractivity contribution in [2.24, 2.45) is 5.10 Å². The summed E-state index contributed by atoms with van der Waals surface area (Å²) in [5, 5.41) is 6.75. The number of nitrogens with one attached hydrogen (secondary N) is 2. The first-order chi connectivity index (χ1) is 12.5. The van der Waals surface area contributed by atoms with Gasteiger partial charge < -0.3 is 10.1 Å². The highest BCUT2D eigenvalue weighted by atomic mass is 35.5. The van der Waals surface area contributed by atoms with Gasteiger partial charge in [0, 0.05) is 5.69 Å². The van der Waals surface area contributed by atoms with Crippen LogP contribution in [0.4, 0.5) is 5.69 Å². The Morgan fingerprint density at radius 2 is 1.92 bits per heavy atom. The summed E-state index contributed by atoms with van der Waals surface area (Å²) in [7, 11) is 0. The largest absolute Gasteiger partial charge is 0.490 e. The lowest BCUT2D eigenvalue weighted by Crippen LogP contribution is -2.32. The second-order valence-corrected chi connectivity index (χ2v) is 5.77. The number of carbonyl (C=O) groups excluding carboxylic acids is 2. The Hall–Kier alpha value is -2.83. The molecule has 0 aliphatic heterocycles. The summed E-state index contributed by atoms with van der Waals surface area (Å²) in [5.41, 5.74) is 3.18. The van der Waals surface area contributed by atoms with Crippen LogP contribution in [0.3, 0.4) is 0 Å². The smallest absolute Gasteiger partial charge is 0.329 e. The number of benzene rings is 2. The fourth-order valence-electron chi connectivity index (χ4n) is 1.82. The molecule has 0 heterocycles. The van der Waals surface area contributed by atoms with Crippen molar-refractivity contribution >= 4 is 46.9 Å². The molecule has 134 valence electrons. The number of anilines is 1. The van der Waals surface area contributed by atoms with Crippen LogP contribution in [0.1, 0.15) is 5.56 Å². The second-order valence-electron chi connectivity index (χ2n) is 4.95. The van der Waals surface area contributed by atoms with Crippen LogP contribution >= 0.6 is 23.2 Å². The Morgan fingerprint density at radius 3 is 2.65 bits per heavy atom. The summed E-state index contributed by atoms with van der Waals surface area (Å²) in [4.78, 5) is 23.6. The van der Waals surface area contributed by atoms with E-state index in [0.717, 1.165) is 0 Å². The Balaban J connectivity index is 1.90. The number of hydrogen-bond donors (Lipinski definition) is 2. The molecule has 0 radical (unpaired) electrons. The average Bonchev–Trinajstić information content (AvgIpc) is 2.63. The van der Waals surface area contributed by atoms with Crippen LogP contribution in [0, 0.1) is 0 Å². The summed E-state index contributed by atoms with van der Waals surface area (Å²) in [6, 6.07) is 11.5. The Bertz CT molecular complexity index is 853. The van der Waals surface area contributed by atoms with Gasteiger partial charge >= 0.3 is 11.8 Å². The third-order valence-corrected chi connectivity index (χ3v) is 3.73. The van der Waals surface area contributed by atoms with Crippen LogP contribution in [0.2, 0.25) is 10.0 Å². The quantitative estimate of drug-likeness (QED) is 0.341. The van der Waals surface area contributed by atoms with Crippen molar-refractivity contribution in [3.05, 3.63) is 70.7 Å². The maximum Gasteiger partial charge on any atom is 0.329 e. The van der Waals surface area contributed by atoms with Crippen molar-refractivity contribution in [2.45, 2.75) is 0 Å². The molecule has 0 fully saturated rings. The van der Waals surface area contributed by atoms with Crippen LogP contribution in [-0.2, 0) is 9.59 Å². The third-order valence-electron chi connectivity index (χ3n) is 2.99. The van der Waals surface area contributed by atoms with E-state index in [1.54, 1.807) is 30.3 Å². The van der Waals surface area contributed by atoms with Crippen molar-refractivity contribution in [3.63, 3.8) is 0 Å². The number of carbonyl (C=O) groups is 2. The zero-order valence-electron chi connectivity index (χ0n) is 13.5.